The van der Waals surface area contributed by atoms with Crippen LogP contribution < -0.4 is 4.90 Å². The van der Waals surface area contributed by atoms with Crippen LogP contribution in [0.15, 0.2) is 30.3 Å². The van der Waals surface area contributed by atoms with E-state index in [1.54, 1.807) is 41.5 Å². The molecule has 1 aromatic carbocycles. The standard InChI is InChI=1S/C16H14N2OS/c1-18(13-6-2-4-11(8-13)10-17)16(19)15-9-12-5-3-7-14(12)20-15/h2,4,6,8-9H,3,5,7H2,1H3. The zero-order valence-corrected chi connectivity index (χ0v) is 12.0. The maximum atomic E-state index is 12.5. The van der Waals surface area contributed by atoms with Crippen molar-refractivity contribution >= 4 is 22.9 Å². The number of anilines is 1. The normalized spacial score (nSPS) is 12.8. The molecular weight excluding hydrogens is 268 g/mol. The molecule has 1 heterocycles. The molecular formula is C16H14N2OS. The molecule has 1 aliphatic carbocycles. The van der Waals surface area contributed by atoms with Gasteiger partial charge < -0.3 is 4.90 Å². The van der Waals surface area contributed by atoms with E-state index in [-0.39, 0.29) is 5.91 Å². The SMILES string of the molecule is CN(C(=O)c1cc2c(s1)CCC2)c1cccc(C#N)c1. The van der Waals surface area contributed by atoms with Crippen LogP contribution in [0.25, 0.3) is 0 Å². The number of rotatable bonds is 2. The minimum atomic E-state index is -0.000472. The average molecular weight is 282 g/mol. The van der Waals surface area contributed by atoms with Crippen molar-refractivity contribution in [2.75, 3.05) is 11.9 Å². The predicted molar refractivity (Wildman–Crippen MR) is 80.2 cm³/mol. The van der Waals surface area contributed by atoms with Crippen molar-refractivity contribution in [2.24, 2.45) is 0 Å². The second-order valence-corrected chi connectivity index (χ2v) is 6.08. The predicted octanol–water partition coefficient (Wildman–Crippen LogP) is 3.39. The molecule has 0 atom stereocenters. The fourth-order valence-electron chi connectivity index (χ4n) is 2.50. The Labute approximate surface area is 122 Å². The van der Waals surface area contributed by atoms with Gasteiger partial charge in [0.2, 0.25) is 0 Å². The first-order chi connectivity index (χ1) is 9.69. The third-order valence-electron chi connectivity index (χ3n) is 3.62. The highest BCUT2D eigenvalue weighted by molar-refractivity contribution is 7.14. The van der Waals surface area contributed by atoms with Gasteiger partial charge in [0.05, 0.1) is 16.5 Å². The number of carbonyl (C=O) groups excluding carboxylic acids is 1. The molecule has 2 aromatic rings. The molecule has 3 rings (SSSR count). The fraction of sp³-hybridized carbons (Fsp3) is 0.250. The number of hydrogen-bond donors (Lipinski definition) is 0. The largest absolute Gasteiger partial charge is 0.311 e. The Kier molecular flexibility index (Phi) is 3.29. The summed E-state index contributed by atoms with van der Waals surface area (Å²) in [6.45, 7) is 0. The van der Waals surface area contributed by atoms with Crippen molar-refractivity contribution < 1.29 is 4.79 Å². The second kappa shape index (κ2) is 5.10. The highest BCUT2D eigenvalue weighted by Gasteiger charge is 2.21. The Bertz CT molecular complexity index is 690. The summed E-state index contributed by atoms with van der Waals surface area (Å²) in [4.78, 5) is 16.3. The van der Waals surface area contributed by atoms with Gasteiger partial charge in [-0.05, 0) is 49.1 Å². The minimum absolute atomic E-state index is 0.000472. The summed E-state index contributed by atoms with van der Waals surface area (Å²) in [5, 5.41) is 8.93. The molecule has 0 radical (unpaired) electrons. The minimum Gasteiger partial charge on any atom is -0.311 e. The van der Waals surface area contributed by atoms with E-state index < -0.39 is 0 Å². The van der Waals surface area contributed by atoms with E-state index in [9.17, 15) is 4.79 Å². The summed E-state index contributed by atoms with van der Waals surface area (Å²) in [6.07, 6.45) is 3.39. The van der Waals surface area contributed by atoms with Crippen LogP contribution in [0.4, 0.5) is 5.69 Å². The van der Waals surface area contributed by atoms with Crippen molar-refractivity contribution in [2.45, 2.75) is 19.3 Å². The van der Waals surface area contributed by atoms with Gasteiger partial charge in [-0.2, -0.15) is 5.26 Å². The van der Waals surface area contributed by atoms with Crippen molar-refractivity contribution in [3.8, 4) is 6.07 Å². The molecule has 3 nitrogen and oxygen atoms in total. The third-order valence-corrected chi connectivity index (χ3v) is 4.85. The van der Waals surface area contributed by atoms with Crippen LogP contribution in [0.2, 0.25) is 0 Å². The molecule has 0 spiro atoms. The molecule has 1 amide bonds. The summed E-state index contributed by atoms with van der Waals surface area (Å²) in [6, 6.07) is 11.2. The van der Waals surface area contributed by atoms with Crippen LogP contribution in [0.1, 0.15) is 32.1 Å². The van der Waals surface area contributed by atoms with Gasteiger partial charge in [0.1, 0.15) is 0 Å². The van der Waals surface area contributed by atoms with Crippen LogP contribution in [0.5, 0.6) is 0 Å². The van der Waals surface area contributed by atoms with E-state index in [4.69, 9.17) is 5.26 Å². The van der Waals surface area contributed by atoms with Crippen LogP contribution in [0, 0.1) is 11.3 Å². The molecule has 0 saturated heterocycles. The lowest BCUT2D eigenvalue weighted by molar-refractivity contribution is 0.0997. The van der Waals surface area contributed by atoms with Crippen molar-refractivity contribution in [1.82, 2.24) is 0 Å². The Morgan fingerprint density at radius 2 is 2.20 bits per heavy atom. The molecule has 0 aliphatic heterocycles. The molecule has 0 bridgehead atoms. The number of nitrogens with zero attached hydrogens (tertiary/aromatic N) is 2. The number of thiophene rings is 1. The van der Waals surface area contributed by atoms with Crippen molar-refractivity contribution in [3.63, 3.8) is 0 Å². The van der Waals surface area contributed by atoms with Crippen molar-refractivity contribution in [1.29, 1.82) is 5.26 Å². The first kappa shape index (κ1) is 12.9. The Balaban J connectivity index is 1.87. The second-order valence-electron chi connectivity index (χ2n) is 4.94. The summed E-state index contributed by atoms with van der Waals surface area (Å²) >= 11 is 1.61. The summed E-state index contributed by atoms with van der Waals surface area (Å²) < 4.78 is 0. The molecule has 100 valence electrons. The smallest absolute Gasteiger partial charge is 0.268 e. The first-order valence-electron chi connectivity index (χ1n) is 6.59. The molecule has 1 aliphatic rings. The van der Waals surface area contributed by atoms with Gasteiger partial charge in [-0.1, -0.05) is 6.07 Å². The van der Waals surface area contributed by atoms with Crippen molar-refractivity contribution in [3.05, 3.63) is 51.2 Å². The summed E-state index contributed by atoms with van der Waals surface area (Å²) in [7, 11) is 1.75. The van der Waals surface area contributed by atoms with Gasteiger partial charge in [0.25, 0.3) is 5.91 Å². The molecule has 0 fully saturated rings. The number of nitriles is 1. The van der Waals surface area contributed by atoms with Gasteiger partial charge in [-0.3, -0.25) is 4.79 Å². The van der Waals surface area contributed by atoms with Crippen LogP contribution in [-0.4, -0.2) is 13.0 Å². The summed E-state index contributed by atoms with van der Waals surface area (Å²) in [5.74, 6) is -0.000472. The highest BCUT2D eigenvalue weighted by atomic mass is 32.1. The maximum Gasteiger partial charge on any atom is 0.268 e. The molecule has 0 saturated carbocycles. The number of fused-ring (bicyclic) bond motifs is 1. The van der Waals surface area contributed by atoms with Crippen LogP contribution in [-0.2, 0) is 12.8 Å². The highest BCUT2D eigenvalue weighted by Crippen LogP contribution is 2.31. The zero-order chi connectivity index (χ0) is 14.1. The molecule has 4 heteroatoms. The van der Waals surface area contributed by atoms with Gasteiger partial charge in [-0.25, -0.2) is 0 Å². The van der Waals surface area contributed by atoms with Gasteiger partial charge in [0.15, 0.2) is 0 Å². The summed E-state index contributed by atoms with van der Waals surface area (Å²) in [5.41, 5.74) is 2.65. The van der Waals surface area contributed by atoms with E-state index in [2.05, 4.69) is 6.07 Å². The number of amides is 1. The number of aryl methyl sites for hydroxylation is 2. The van der Waals surface area contributed by atoms with E-state index >= 15 is 0 Å². The molecule has 0 N–H and O–H groups in total. The topological polar surface area (TPSA) is 44.1 Å². The lowest BCUT2D eigenvalue weighted by atomic mass is 10.2. The average Bonchev–Trinajstić information content (AvgIpc) is 3.07. The lowest BCUT2D eigenvalue weighted by Gasteiger charge is -2.16. The number of carbonyl (C=O) groups is 1. The van der Waals surface area contributed by atoms with Crippen LogP contribution in [0.3, 0.4) is 0 Å². The Morgan fingerprint density at radius 3 is 2.95 bits per heavy atom. The Morgan fingerprint density at radius 1 is 1.35 bits per heavy atom. The monoisotopic (exact) mass is 282 g/mol. The van der Waals surface area contributed by atoms with E-state index in [0.29, 0.717) is 5.56 Å². The van der Waals surface area contributed by atoms with E-state index in [0.717, 1.165) is 23.4 Å². The number of hydrogen-bond acceptors (Lipinski definition) is 3. The third kappa shape index (κ3) is 2.21. The fourth-order valence-corrected chi connectivity index (χ4v) is 3.73. The molecule has 1 aromatic heterocycles. The Hall–Kier alpha value is -2.12. The first-order valence-corrected chi connectivity index (χ1v) is 7.40. The maximum absolute atomic E-state index is 12.5. The van der Waals surface area contributed by atoms with Gasteiger partial charge in [-0.15, -0.1) is 11.3 Å². The molecule has 20 heavy (non-hydrogen) atoms. The van der Waals surface area contributed by atoms with Gasteiger partial charge in [0, 0.05) is 17.6 Å². The zero-order valence-electron chi connectivity index (χ0n) is 11.2. The number of benzene rings is 1. The van der Waals surface area contributed by atoms with E-state index in [1.807, 2.05) is 12.1 Å². The van der Waals surface area contributed by atoms with E-state index in [1.165, 1.54) is 16.9 Å². The van der Waals surface area contributed by atoms with Gasteiger partial charge >= 0.3 is 0 Å². The quantitative estimate of drug-likeness (QED) is 0.847. The lowest BCUT2D eigenvalue weighted by Crippen LogP contribution is -2.25. The van der Waals surface area contributed by atoms with Crippen LogP contribution >= 0.6 is 11.3 Å². The molecule has 0 unspecified atom stereocenters.